The summed E-state index contributed by atoms with van der Waals surface area (Å²) in [5.41, 5.74) is 3.11. The molecular formula is C11H15NO5S. The van der Waals surface area contributed by atoms with Crippen molar-refractivity contribution in [2.75, 3.05) is 5.75 Å². The molecule has 0 radical (unpaired) electrons. The predicted molar refractivity (Wildman–Crippen MR) is 65.0 cm³/mol. The minimum atomic E-state index is -4.00. The van der Waals surface area contributed by atoms with E-state index >= 15 is 0 Å². The SMILES string of the molecule is O=C(CCCS(=O)(=O)O)NOCc1ccccc1. The molecule has 100 valence electrons. The first-order chi connectivity index (χ1) is 8.47. The highest BCUT2D eigenvalue weighted by Gasteiger charge is 2.07. The molecule has 0 heterocycles. The van der Waals surface area contributed by atoms with E-state index in [1.54, 1.807) is 0 Å². The summed E-state index contributed by atoms with van der Waals surface area (Å²) >= 11 is 0. The zero-order chi connectivity index (χ0) is 13.4. The third kappa shape index (κ3) is 7.00. The molecule has 0 aliphatic heterocycles. The van der Waals surface area contributed by atoms with Crippen molar-refractivity contribution in [1.82, 2.24) is 5.48 Å². The molecule has 1 amide bonds. The average Bonchev–Trinajstić information content (AvgIpc) is 2.28. The Labute approximate surface area is 106 Å². The molecular weight excluding hydrogens is 258 g/mol. The lowest BCUT2D eigenvalue weighted by Gasteiger charge is -2.05. The summed E-state index contributed by atoms with van der Waals surface area (Å²) in [6, 6.07) is 9.28. The molecule has 0 fully saturated rings. The van der Waals surface area contributed by atoms with Gasteiger partial charge in [-0.05, 0) is 12.0 Å². The quantitative estimate of drug-likeness (QED) is 0.569. The molecule has 0 aliphatic carbocycles. The van der Waals surface area contributed by atoms with Crippen LogP contribution in [0.5, 0.6) is 0 Å². The van der Waals surface area contributed by atoms with Gasteiger partial charge in [0.1, 0.15) is 0 Å². The lowest BCUT2D eigenvalue weighted by atomic mass is 10.2. The van der Waals surface area contributed by atoms with Crippen molar-refractivity contribution in [3.8, 4) is 0 Å². The van der Waals surface area contributed by atoms with E-state index in [1.165, 1.54) is 0 Å². The molecule has 0 aromatic heterocycles. The van der Waals surface area contributed by atoms with Crippen LogP contribution >= 0.6 is 0 Å². The van der Waals surface area contributed by atoms with E-state index in [9.17, 15) is 13.2 Å². The number of amides is 1. The molecule has 0 atom stereocenters. The highest BCUT2D eigenvalue weighted by molar-refractivity contribution is 7.85. The Bertz CT molecular complexity index is 471. The molecule has 2 N–H and O–H groups in total. The smallest absolute Gasteiger partial charge is 0.264 e. The van der Waals surface area contributed by atoms with Gasteiger partial charge in [0, 0.05) is 6.42 Å². The molecule has 0 spiro atoms. The summed E-state index contributed by atoms with van der Waals surface area (Å²) in [4.78, 5) is 16.2. The minimum absolute atomic E-state index is 0.0193. The molecule has 1 rings (SSSR count). The highest BCUT2D eigenvalue weighted by Crippen LogP contribution is 1.99. The monoisotopic (exact) mass is 273 g/mol. The van der Waals surface area contributed by atoms with Crippen molar-refractivity contribution in [1.29, 1.82) is 0 Å². The fourth-order valence-corrected chi connectivity index (χ4v) is 1.75. The summed E-state index contributed by atoms with van der Waals surface area (Å²) in [6.07, 6.45) is 0.0357. The van der Waals surface area contributed by atoms with E-state index in [0.29, 0.717) is 0 Å². The topological polar surface area (TPSA) is 92.7 Å². The Kier molecular flexibility index (Phi) is 5.76. The van der Waals surface area contributed by atoms with Gasteiger partial charge >= 0.3 is 0 Å². The van der Waals surface area contributed by atoms with Crippen molar-refractivity contribution >= 4 is 16.0 Å². The third-order valence-electron chi connectivity index (χ3n) is 2.07. The maximum absolute atomic E-state index is 11.2. The van der Waals surface area contributed by atoms with Crippen LogP contribution in [-0.2, 0) is 26.4 Å². The summed E-state index contributed by atoms with van der Waals surface area (Å²) in [5.74, 6) is -0.853. The van der Waals surface area contributed by atoms with E-state index in [0.717, 1.165) is 5.56 Å². The maximum Gasteiger partial charge on any atom is 0.264 e. The number of benzene rings is 1. The summed E-state index contributed by atoms with van der Waals surface area (Å²) in [5, 5.41) is 0. The first kappa shape index (κ1) is 14.6. The van der Waals surface area contributed by atoms with Gasteiger partial charge in [-0.1, -0.05) is 30.3 Å². The van der Waals surface area contributed by atoms with Crippen LogP contribution in [0.1, 0.15) is 18.4 Å². The molecule has 6 nitrogen and oxygen atoms in total. The summed E-state index contributed by atoms with van der Waals surface area (Å²) in [7, 11) is -4.00. The lowest BCUT2D eigenvalue weighted by Crippen LogP contribution is -2.23. The van der Waals surface area contributed by atoms with Crippen LogP contribution in [0.15, 0.2) is 30.3 Å². The number of rotatable bonds is 7. The van der Waals surface area contributed by atoms with E-state index < -0.39 is 21.8 Å². The summed E-state index contributed by atoms with van der Waals surface area (Å²) < 4.78 is 29.3. The van der Waals surface area contributed by atoms with Crippen LogP contribution in [0.3, 0.4) is 0 Å². The first-order valence-corrected chi connectivity index (χ1v) is 6.98. The van der Waals surface area contributed by atoms with Crippen molar-refractivity contribution in [2.24, 2.45) is 0 Å². The fraction of sp³-hybridized carbons (Fsp3) is 0.364. The zero-order valence-corrected chi connectivity index (χ0v) is 10.5. The second-order valence-electron chi connectivity index (χ2n) is 3.69. The number of carbonyl (C=O) groups is 1. The normalized spacial score (nSPS) is 11.2. The number of nitrogens with one attached hydrogen (secondary N) is 1. The van der Waals surface area contributed by atoms with Gasteiger partial charge in [-0.2, -0.15) is 8.42 Å². The van der Waals surface area contributed by atoms with Gasteiger partial charge in [0.2, 0.25) is 5.91 Å². The van der Waals surface area contributed by atoms with E-state index in [1.807, 2.05) is 30.3 Å². The summed E-state index contributed by atoms with van der Waals surface area (Å²) in [6.45, 7) is 0.241. The molecule has 0 bridgehead atoms. The molecule has 0 aliphatic rings. The van der Waals surface area contributed by atoms with Gasteiger partial charge in [0.05, 0.1) is 12.4 Å². The number of hydrogen-bond acceptors (Lipinski definition) is 4. The maximum atomic E-state index is 11.2. The van der Waals surface area contributed by atoms with E-state index in [2.05, 4.69) is 5.48 Å². The largest absolute Gasteiger partial charge is 0.286 e. The van der Waals surface area contributed by atoms with Gasteiger partial charge in [0.25, 0.3) is 10.1 Å². The van der Waals surface area contributed by atoms with E-state index in [4.69, 9.17) is 9.39 Å². The van der Waals surface area contributed by atoms with Gasteiger partial charge in [-0.3, -0.25) is 14.2 Å². The molecule has 0 unspecified atom stereocenters. The molecule has 1 aromatic carbocycles. The molecule has 18 heavy (non-hydrogen) atoms. The third-order valence-corrected chi connectivity index (χ3v) is 2.88. The Balaban J connectivity index is 2.14. The average molecular weight is 273 g/mol. The van der Waals surface area contributed by atoms with Gasteiger partial charge < -0.3 is 0 Å². The predicted octanol–water partition coefficient (Wildman–Crippen LogP) is 0.902. The first-order valence-electron chi connectivity index (χ1n) is 5.37. The number of hydrogen-bond donors (Lipinski definition) is 2. The van der Waals surface area contributed by atoms with Crippen molar-refractivity contribution < 1.29 is 22.6 Å². The van der Waals surface area contributed by atoms with Crippen molar-refractivity contribution in [2.45, 2.75) is 19.4 Å². The number of carbonyl (C=O) groups excluding carboxylic acids is 1. The Morgan fingerprint density at radius 1 is 1.28 bits per heavy atom. The highest BCUT2D eigenvalue weighted by atomic mass is 32.2. The molecule has 1 aromatic rings. The standard InChI is InChI=1S/C11H15NO5S/c13-11(7-4-8-18(14,15)16)12-17-9-10-5-2-1-3-6-10/h1-3,5-6H,4,7-9H2,(H,12,13)(H,14,15,16). The van der Waals surface area contributed by atoms with Gasteiger partial charge in [-0.15, -0.1) is 0 Å². The van der Waals surface area contributed by atoms with Crippen molar-refractivity contribution in [3.63, 3.8) is 0 Å². The van der Waals surface area contributed by atoms with Crippen LogP contribution in [-0.4, -0.2) is 24.6 Å². The molecule has 7 heteroatoms. The second kappa shape index (κ2) is 7.10. The second-order valence-corrected chi connectivity index (χ2v) is 5.26. The van der Waals surface area contributed by atoms with Crippen LogP contribution in [0.25, 0.3) is 0 Å². The van der Waals surface area contributed by atoms with Crippen LogP contribution in [0.4, 0.5) is 0 Å². The number of hydroxylamine groups is 1. The minimum Gasteiger partial charge on any atom is -0.286 e. The van der Waals surface area contributed by atoms with Gasteiger partial charge in [0.15, 0.2) is 0 Å². The zero-order valence-electron chi connectivity index (χ0n) is 9.70. The van der Waals surface area contributed by atoms with Gasteiger partial charge in [-0.25, -0.2) is 5.48 Å². The fourth-order valence-electron chi connectivity index (χ4n) is 1.24. The van der Waals surface area contributed by atoms with E-state index in [-0.39, 0.29) is 19.4 Å². The van der Waals surface area contributed by atoms with Crippen molar-refractivity contribution in [3.05, 3.63) is 35.9 Å². The van der Waals surface area contributed by atoms with Crippen LogP contribution < -0.4 is 5.48 Å². The Morgan fingerprint density at radius 3 is 2.56 bits per heavy atom. The van der Waals surface area contributed by atoms with Crippen LogP contribution in [0, 0.1) is 0 Å². The Hall–Kier alpha value is -1.44. The Morgan fingerprint density at radius 2 is 1.94 bits per heavy atom. The molecule has 0 saturated carbocycles. The lowest BCUT2D eigenvalue weighted by molar-refractivity contribution is -0.134. The van der Waals surface area contributed by atoms with Crippen LogP contribution in [0.2, 0.25) is 0 Å². The molecule has 0 saturated heterocycles.